The second-order valence-corrected chi connectivity index (χ2v) is 10.0. The number of rotatable bonds is 7. The van der Waals surface area contributed by atoms with Crippen LogP contribution in [-0.2, 0) is 10.2 Å². The lowest BCUT2D eigenvalue weighted by Gasteiger charge is -2.19. The predicted octanol–water partition coefficient (Wildman–Crippen LogP) is 7.26. The molecule has 4 nitrogen and oxygen atoms in total. The zero-order valence-corrected chi connectivity index (χ0v) is 20.9. The molecule has 4 aromatic rings. The smallest absolute Gasteiger partial charge is 0.305 e. The molecular formula is C32H31NO3. The van der Waals surface area contributed by atoms with Crippen LogP contribution < -0.4 is 5.32 Å². The second kappa shape index (κ2) is 10.6. The van der Waals surface area contributed by atoms with Crippen LogP contribution in [0.5, 0.6) is 0 Å². The SMILES string of the molecule is CC(C)(C)c1ccc(-c2cccc(C(=O)NC(CC(=O)O)c3ccc(-c4ccccc4)cc3)c2)cc1. The topological polar surface area (TPSA) is 66.4 Å². The van der Waals surface area contributed by atoms with Crippen molar-refractivity contribution in [3.63, 3.8) is 0 Å². The van der Waals surface area contributed by atoms with Gasteiger partial charge in [-0.05, 0) is 50.9 Å². The van der Waals surface area contributed by atoms with E-state index in [1.807, 2.05) is 72.8 Å². The summed E-state index contributed by atoms with van der Waals surface area (Å²) in [5, 5.41) is 12.4. The molecule has 0 spiro atoms. The summed E-state index contributed by atoms with van der Waals surface area (Å²) in [4.78, 5) is 24.7. The van der Waals surface area contributed by atoms with Crippen LogP contribution in [0.3, 0.4) is 0 Å². The van der Waals surface area contributed by atoms with Crippen molar-refractivity contribution in [3.8, 4) is 22.3 Å². The molecule has 4 rings (SSSR count). The Kier molecular flexibility index (Phi) is 7.35. The van der Waals surface area contributed by atoms with Gasteiger partial charge in [-0.2, -0.15) is 0 Å². The molecular weight excluding hydrogens is 446 g/mol. The highest BCUT2D eigenvalue weighted by Gasteiger charge is 2.20. The lowest BCUT2D eigenvalue weighted by molar-refractivity contribution is -0.137. The number of carboxylic acid groups (broad SMARTS) is 1. The fraction of sp³-hybridized carbons (Fsp3) is 0.188. The second-order valence-electron chi connectivity index (χ2n) is 10.0. The number of carbonyl (C=O) groups is 2. The lowest BCUT2D eigenvalue weighted by Crippen LogP contribution is -2.30. The maximum Gasteiger partial charge on any atom is 0.305 e. The van der Waals surface area contributed by atoms with Crippen LogP contribution in [-0.4, -0.2) is 17.0 Å². The summed E-state index contributed by atoms with van der Waals surface area (Å²) >= 11 is 0. The predicted molar refractivity (Wildman–Crippen MR) is 145 cm³/mol. The zero-order chi connectivity index (χ0) is 25.7. The van der Waals surface area contributed by atoms with Crippen molar-refractivity contribution in [2.45, 2.75) is 38.6 Å². The van der Waals surface area contributed by atoms with Gasteiger partial charge in [0, 0.05) is 5.56 Å². The van der Waals surface area contributed by atoms with E-state index in [0.717, 1.165) is 27.8 Å². The molecule has 4 heteroatoms. The molecule has 4 aromatic carbocycles. The molecule has 0 bridgehead atoms. The lowest BCUT2D eigenvalue weighted by atomic mass is 9.86. The molecule has 0 aromatic heterocycles. The number of benzene rings is 4. The van der Waals surface area contributed by atoms with Gasteiger partial charge in [-0.25, -0.2) is 0 Å². The Morgan fingerprint density at radius 3 is 1.89 bits per heavy atom. The highest BCUT2D eigenvalue weighted by atomic mass is 16.4. The number of nitrogens with one attached hydrogen (secondary N) is 1. The minimum Gasteiger partial charge on any atom is -0.481 e. The third kappa shape index (κ3) is 6.08. The molecule has 36 heavy (non-hydrogen) atoms. The van der Waals surface area contributed by atoms with Gasteiger partial charge in [0.1, 0.15) is 0 Å². The molecule has 0 heterocycles. The summed E-state index contributed by atoms with van der Waals surface area (Å²) in [7, 11) is 0. The minimum atomic E-state index is -0.972. The minimum absolute atomic E-state index is 0.0682. The Morgan fingerprint density at radius 1 is 0.722 bits per heavy atom. The van der Waals surface area contributed by atoms with Gasteiger partial charge in [0.15, 0.2) is 0 Å². The van der Waals surface area contributed by atoms with E-state index in [2.05, 4.69) is 50.4 Å². The molecule has 1 unspecified atom stereocenters. The van der Waals surface area contributed by atoms with E-state index in [1.165, 1.54) is 5.56 Å². The van der Waals surface area contributed by atoms with Crippen LogP contribution in [0.25, 0.3) is 22.3 Å². The van der Waals surface area contributed by atoms with E-state index < -0.39 is 12.0 Å². The average Bonchev–Trinajstić information content (AvgIpc) is 2.88. The van der Waals surface area contributed by atoms with Gasteiger partial charge < -0.3 is 10.4 Å². The average molecular weight is 478 g/mol. The molecule has 2 N–H and O–H groups in total. The first-order chi connectivity index (χ1) is 17.2. The molecule has 1 atom stereocenters. The Bertz CT molecular complexity index is 1340. The molecule has 0 aliphatic carbocycles. The summed E-state index contributed by atoms with van der Waals surface area (Å²) in [6.07, 6.45) is -0.204. The van der Waals surface area contributed by atoms with E-state index in [0.29, 0.717) is 5.56 Å². The normalized spacial score (nSPS) is 12.1. The first kappa shape index (κ1) is 24.9. The van der Waals surface area contributed by atoms with Gasteiger partial charge in [-0.15, -0.1) is 0 Å². The maximum absolute atomic E-state index is 13.2. The van der Waals surface area contributed by atoms with Crippen molar-refractivity contribution < 1.29 is 14.7 Å². The van der Waals surface area contributed by atoms with Crippen molar-refractivity contribution in [1.29, 1.82) is 0 Å². The van der Waals surface area contributed by atoms with Crippen LogP contribution in [0.15, 0.2) is 103 Å². The maximum atomic E-state index is 13.2. The first-order valence-electron chi connectivity index (χ1n) is 12.1. The highest BCUT2D eigenvalue weighted by molar-refractivity contribution is 5.96. The van der Waals surface area contributed by atoms with Crippen LogP contribution in [0.1, 0.15) is 54.7 Å². The van der Waals surface area contributed by atoms with E-state index in [9.17, 15) is 14.7 Å². The Hall–Kier alpha value is -4.18. The zero-order valence-electron chi connectivity index (χ0n) is 20.9. The quantitative estimate of drug-likeness (QED) is 0.294. The van der Waals surface area contributed by atoms with Crippen LogP contribution in [0, 0.1) is 0 Å². The number of amides is 1. The monoisotopic (exact) mass is 477 g/mol. The van der Waals surface area contributed by atoms with Crippen molar-refractivity contribution >= 4 is 11.9 Å². The van der Waals surface area contributed by atoms with Crippen LogP contribution >= 0.6 is 0 Å². The Morgan fingerprint density at radius 2 is 1.28 bits per heavy atom. The van der Waals surface area contributed by atoms with Crippen LogP contribution in [0.4, 0.5) is 0 Å². The molecule has 0 fully saturated rings. The number of hydrogen-bond acceptors (Lipinski definition) is 2. The molecule has 0 aliphatic rings. The van der Waals surface area contributed by atoms with Crippen molar-refractivity contribution in [2.24, 2.45) is 0 Å². The number of carbonyl (C=O) groups excluding carboxylic acids is 1. The summed E-state index contributed by atoms with van der Waals surface area (Å²) in [6, 6.07) is 32.8. The van der Waals surface area contributed by atoms with E-state index >= 15 is 0 Å². The third-order valence-electron chi connectivity index (χ3n) is 6.31. The summed E-state index contributed by atoms with van der Waals surface area (Å²) < 4.78 is 0. The van der Waals surface area contributed by atoms with Crippen molar-refractivity contribution in [1.82, 2.24) is 5.32 Å². The van der Waals surface area contributed by atoms with E-state index in [1.54, 1.807) is 6.07 Å². The number of aliphatic carboxylic acids is 1. The molecule has 182 valence electrons. The Balaban J connectivity index is 1.54. The van der Waals surface area contributed by atoms with E-state index in [-0.39, 0.29) is 17.7 Å². The van der Waals surface area contributed by atoms with Gasteiger partial charge in [0.2, 0.25) is 0 Å². The van der Waals surface area contributed by atoms with Gasteiger partial charge in [-0.3, -0.25) is 9.59 Å². The van der Waals surface area contributed by atoms with E-state index in [4.69, 9.17) is 0 Å². The molecule has 0 saturated carbocycles. The molecule has 0 saturated heterocycles. The third-order valence-corrected chi connectivity index (χ3v) is 6.31. The standard InChI is InChI=1S/C32H31NO3/c1-32(2,3)28-18-16-24(17-19-28)26-10-7-11-27(20-26)31(36)33-29(21-30(34)35)25-14-12-23(13-15-25)22-8-5-4-6-9-22/h4-20,29H,21H2,1-3H3,(H,33,36)(H,34,35). The van der Waals surface area contributed by atoms with Gasteiger partial charge >= 0.3 is 5.97 Å². The van der Waals surface area contributed by atoms with Gasteiger partial charge in [0.05, 0.1) is 12.5 Å². The number of hydrogen-bond donors (Lipinski definition) is 2. The molecule has 1 amide bonds. The van der Waals surface area contributed by atoms with Gasteiger partial charge in [0.25, 0.3) is 5.91 Å². The first-order valence-corrected chi connectivity index (χ1v) is 12.1. The van der Waals surface area contributed by atoms with Crippen molar-refractivity contribution in [2.75, 3.05) is 0 Å². The molecule has 0 aliphatic heterocycles. The Labute approximate surface area is 212 Å². The summed E-state index contributed by atoms with van der Waals surface area (Å²) in [5.41, 5.74) is 6.62. The van der Waals surface area contributed by atoms with Crippen LogP contribution in [0.2, 0.25) is 0 Å². The van der Waals surface area contributed by atoms with Crippen molar-refractivity contribution in [3.05, 3.63) is 120 Å². The summed E-state index contributed by atoms with van der Waals surface area (Å²) in [5.74, 6) is -1.28. The fourth-order valence-electron chi connectivity index (χ4n) is 4.21. The molecule has 0 radical (unpaired) electrons. The van der Waals surface area contributed by atoms with Gasteiger partial charge in [-0.1, -0.05) is 112 Å². The largest absolute Gasteiger partial charge is 0.481 e. The number of carboxylic acids is 1. The highest BCUT2D eigenvalue weighted by Crippen LogP contribution is 2.27. The summed E-state index contributed by atoms with van der Waals surface area (Å²) in [6.45, 7) is 6.53. The fourth-order valence-corrected chi connectivity index (χ4v) is 4.21.